The molecule has 2 aliphatic rings. The van der Waals surface area contributed by atoms with E-state index in [0.29, 0.717) is 41.3 Å². The Kier molecular flexibility index (Phi) is 3.65. The van der Waals surface area contributed by atoms with Crippen LogP contribution in [0.3, 0.4) is 0 Å². The molecule has 4 heterocycles. The van der Waals surface area contributed by atoms with Crippen LogP contribution in [0.1, 0.15) is 52.8 Å². The highest BCUT2D eigenvalue weighted by atomic mass is 16.3. The molecule has 1 saturated carbocycles. The zero-order valence-corrected chi connectivity index (χ0v) is 16.2. The van der Waals surface area contributed by atoms with Crippen LogP contribution in [0.2, 0.25) is 0 Å². The predicted octanol–water partition coefficient (Wildman–Crippen LogP) is 2.79. The van der Waals surface area contributed by atoms with Gasteiger partial charge in [0.25, 0.3) is 5.91 Å². The molecule has 0 aromatic carbocycles. The first-order valence-corrected chi connectivity index (χ1v) is 9.56. The van der Waals surface area contributed by atoms with E-state index in [1.807, 2.05) is 18.7 Å². The maximum Gasteiger partial charge on any atom is 0.258 e. The number of nitrogens with one attached hydrogen (secondary N) is 1. The van der Waals surface area contributed by atoms with E-state index in [0.717, 1.165) is 36.2 Å². The number of aryl methyl sites for hydroxylation is 2. The SMILES string of the molecule is Cc1ncnc2c1CCN(C(=O)c1c(C)oc3ncnc(NC4(C)CC4)c13)C2. The lowest BCUT2D eigenvalue weighted by Gasteiger charge is -2.28. The van der Waals surface area contributed by atoms with Crippen molar-refractivity contribution >= 4 is 22.8 Å². The van der Waals surface area contributed by atoms with Gasteiger partial charge in [0.05, 0.1) is 23.2 Å². The fourth-order valence-corrected chi connectivity index (χ4v) is 3.84. The number of fused-ring (bicyclic) bond motifs is 2. The summed E-state index contributed by atoms with van der Waals surface area (Å²) in [4.78, 5) is 32.6. The quantitative estimate of drug-likeness (QED) is 0.748. The Bertz CT molecular complexity index is 1100. The maximum atomic E-state index is 13.5. The second kappa shape index (κ2) is 5.98. The average Bonchev–Trinajstić information content (AvgIpc) is 3.29. The lowest BCUT2D eigenvalue weighted by atomic mass is 10.0. The van der Waals surface area contributed by atoms with Crippen LogP contribution in [0, 0.1) is 13.8 Å². The molecule has 1 fully saturated rings. The lowest BCUT2D eigenvalue weighted by molar-refractivity contribution is 0.0731. The molecular formula is C20H22N6O2. The van der Waals surface area contributed by atoms with E-state index in [1.54, 1.807) is 6.33 Å². The molecule has 1 N–H and O–H groups in total. The summed E-state index contributed by atoms with van der Waals surface area (Å²) in [6.45, 7) is 7.04. The largest absolute Gasteiger partial charge is 0.442 e. The number of aromatic nitrogens is 4. The monoisotopic (exact) mass is 378 g/mol. The summed E-state index contributed by atoms with van der Waals surface area (Å²) in [6, 6.07) is 0. The second-order valence-corrected chi connectivity index (χ2v) is 7.98. The molecule has 0 saturated heterocycles. The van der Waals surface area contributed by atoms with Crippen LogP contribution >= 0.6 is 0 Å². The van der Waals surface area contributed by atoms with Crippen molar-refractivity contribution in [2.45, 2.75) is 52.1 Å². The molecule has 5 rings (SSSR count). The summed E-state index contributed by atoms with van der Waals surface area (Å²) in [5, 5.41) is 4.14. The van der Waals surface area contributed by atoms with Crippen LogP contribution in [0.5, 0.6) is 0 Å². The molecule has 0 unspecified atom stereocenters. The number of anilines is 1. The van der Waals surface area contributed by atoms with Crippen molar-refractivity contribution in [3.8, 4) is 0 Å². The first-order chi connectivity index (χ1) is 13.5. The molecule has 144 valence electrons. The van der Waals surface area contributed by atoms with Crippen molar-refractivity contribution in [2.75, 3.05) is 11.9 Å². The highest BCUT2D eigenvalue weighted by molar-refractivity contribution is 6.10. The summed E-state index contributed by atoms with van der Waals surface area (Å²) in [5.41, 5.74) is 4.06. The topological polar surface area (TPSA) is 97.0 Å². The van der Waals surface area contributed by atoms with E-state index in [2.05, 4.69) is 32.2 Å². The first-order valence-electron chi connectivity index (χ1n) is 9.56. The minimum absolute atomic E-state index is 0.0330. The van der Waals surface area contributed by atoms with E-state index in [1.165, 1.54) is 6.33 Å². The van der Waals surface area contributed by atoms with Gasteiger partial charge in [-0.3, -0.25) is 4.79 Å². The summed E-state index contributed by atoms with van der Waals surface area (Å²) >= 11 is 0. The van der Waals surface area contributed by atoms with Crippen molar-refractivity contribution in [2.24, 2.45) is 0 Å². The molecule has 28 heavy (non-hydrogen) atoms. The molecule has 8 heteroatoms. The molecule has 0 radical (unpaired) electrons. The number of hydrogen-bond donors (Lipinski definition) is 1. The number of hydrogen-bond acceptors (Lipinski definition) is 7. The molecular weight excluding hydrogens is 356 g/mol. The van der Waals surface area contributed by atoms with Crippen molar-refractivity contribution in [3.63, 3.8) is 0 Å². The average molecular weight is 378 g/mol. The minimum atomic E-state index is -0.0723. The second-order valence-electron chi connectivity index (χ2n) is 7.98. The van der Waals surface area contributed by atoms with Crippen LogP contribution < -0.4 is 5.32 Å². The van der Waals surface area contributed by atoms with E-state index < -0.39 is 0 Å². The van der Waals surface area contributed by atoms with Crippen LogP contribution in [0.4, 0.5) is 5.82 Å². The Labute approximate surface area is 162 Å². The molecule has 1 aliphatic carbocycles. The van der Waals surface area contributed by atoms with E-state index in [4.69, 9.17) is 4.42 Å². The van der Waals surface area contributed by atoms with Gasteiger partial charge in [-0.1, -0.05) is 0 Å². The Hall–Kier alpha value is -3.03. The Morgan fingerprint density at radius 3 is 2.75 bits per heavy atom. The van der Waals surface area contributed by atoms with Gasteiger partial charge in [-0.2, -0.15) is 0 Å². The fraction of sp³-hybridized carbons (Fsp3) is 0.450. The summed E-state index contributed by atoms with van der Waals surface area (Å²) in [6.07, 6.45) is 5.96. The van der Waals surface area contributed by atoms with Gasteiger partial charge in [0.1, 0.15) is 24.2 Å². The Morgan fingerprint density at radius 2 is 1.96 bits per heavy atom. The molecule has 3 aromatic rings. The van der Waals surface area contributed by atoms with Crippen LogP contribution in [-0.2, 0) is 13.0 Å². The lowest BCUT2D eigenvalue weighted by Crippen LogP contribution is -2.37. The van der Waals surface area contributed by atoms with Gasteiger partial charge in [-0.25, -0.2) is 19.9 Å². The van der Waals surface area contributed by atoms with Crippen molar-refractivity contribution in [1.82, 2.24) is 24.8 Å². The van der Waals surface area contributed by atoms with Gasteiger partial charge in [0.2, 0.25) is 5.71 Å². The van der Waals surface area contributed by atoms with E-state index in [9.17, 15) is 4.79 Å². The Balaban J connectivity index is 1.54. The highest BCUT2D eigenvalue weighted by Gasteiger charge is 2.39. The predicted molar refractivity (Wildman–Crippen MR) is 103 cm³/mol. The molecule has 1 amide bonds. The maximum absolute atomic E-state index is 13.5. The number of rotatable bonds is 3. The van der Waals surface area contributed by atoms with Gasteiger partial charge in [-0.05, 0) is 45.6 Å². The minimum Gasteiger partial charge on any atom is -0.442 e. The third kappa shape index (κ3) is 2.71. The first kappa shape index (κ1) is 17.1. The number of nitrogens with zero attached hydrogens (tertiary/aromatic N) is 5. The van der Waals surface area contributed by atoms with Gasteiger partial charge in [0.15, 0.2) is 0 Å². The van der Waals surface area contributed by atoms with Crippen LogP contribution in [0.25, 0.3) is 11.1 Å². The van der Waals surface area contributed by atoms with Gasteiger partial charge in [0, 0.05) is 17.8 Å². The smallest absolute Gasteiger partial charge is 0.258 e. The third-order valence-electron chi connectivity index (χ3n) is 5.81. The van der Waals surface area contributed by atoms with Crippen molar-refractivity contribution < 1.29 is 9.21 Å². The van der Waals surface area contributed by atoms with Gasteiger partial charge in [-0.15, -0.1) is 0 Å². The van der Waals surface area contributed by atoms with Gasteiger partial charge < -0.3 is 14.6 Å². The zero-order chi connectivity index (χ0) is 19.5. The zero-order valence-electron chi connectivity index (χ0n) is 16.2. The normalized spacial score (nSPS) is 17.5. The molecule has 0 atom stereocenters. The van der Waals surface area contributed by atoms with Gasteiger partial charge >= 0.3 is 0 Å². The Morgan fingerprint density at radius 1 is 1.18 bits per heavy atom. The molecule has 0 bridgehead atoms. The number of amides is 1. The number of carbonyl (C=O) groups is 1. The molecule has 0 spiro atoms. The third-order valence-corrected chi connectivity index (χ3v) is 5.81. The van der Waals surface area contributed by atoms with E-state index >= 15 is 0 Å². The number of carbonyl (C=O) groups excluding carboxylic acids is 1. The van der Waals surface area contributed by atoms with Crippen LogP contribution in [-0.4, -0.2) is 42.8 Å². The highest BCUT2D eigenvalue weighted by Crippen LogP contribution is 2.40. The van der Waals surface area contributed by atoms with Crippen LogP contribution in [0.15, 0.2) is 17.1 Å². The van der Waals surface area contributed by atoms with Crippen molar-refractivity contribution in [1.29, 1.82) is 0 Å². The molecule has 8 nitrogen and oxygen atoms in total. The summed E-state index contributed by atoms with van der Waals surface area (Å²) in [5.74, 6) is 1.16. The number of furan rings is 1. The summed E-state index contributed by atoms with van der Waals surface area (Å²) < 4.78 is 5.81. The molecule has 3 aromatic heterocycles. The molecule has 1 aliphatic heterocycles. The van der Waals surface area contributed by atoms with Crippen molar-refractivity contribution in [3.05, 3.63) is 40.9 Å². The fourth-order valence-electron chi connectivity index (χ4n) is 3.84. The standard InChI is InChI=1S/C20H22N6O2/c1-11-13-4-7-26(8-14(13)22-9-21-11)19(27)15-12(2)28-18-16(15)17(23-10-24-18)25-20(3)5-6-20/h9-10H,4-8H2,1-3H3,(H,23,24,25). The van der Waals surface area contributed by atoms with E-state index in [-0.39, 0.29) is 11.4 Å². The summed E-state index contributed by atoms with van der Waals surface area (Å²) in [7, 11) is 0.